The zero-order valence-electron chi connectivity index (χ0n) is 16.2. The van der Waals surface area contributed by atoms with Crippen molar-refractivity contribution in [3.05, 3.63) is 35.5 Å². The molecule has 4 N–H and O–H groups in total. The molecule has 2 aliphatic rings. The number of amides is 1. The molecule has 1 aliphatic heterocycles. The van der Waals surface area contributed by atoms with Crippen LogP contribution in [0.5, 0.6) is 0 Å². The smallest absolute Gasteiger partial charge is 0.238 e. The summed E-state index contributed by atoms with van der Waals surface area (Å²) >= 11 is 0. The molecule has 1 aliphatic carbocycles. The zero-order valence-corrected chi connectivity index (χ0v) is 17.1. The van der Waals surface area contributed by atoms with Crippen molar-refractivity contribution in [3.63, 3.8) is 0 Å². The third kappa shape index (κ3) is 3.85. The number of nitrogens with one attached hydrogen (secondary N) is 2. The van der Waals surface area contributed by atoms with Gasteiger partial charge in [-0.25, -0.2) is 18.5 Å². The molecule has 8 nitrogen and oxygen atoms in total. The number of rotatable bonds is 4. The minimum Gasteiger partial charge on any atom is -0.324 e. The van der Waals surface area contributed by atoms with E-state index in [1.807, 2.05) is 0 Å². The van der Waals surface area contributed by atoms with Crippen molar-refractivity contribution < 1.29 is 16.1 Å². The minimum atomic E-state index is -3.74. The van der Waals surface area contributed by atoms with Crippen LogP contribution in [0.4, 0.5) is 17.5 Å². The number of aromatic nitrogens is 2. The van der Waals surface area contributed by atoms with Crippen LogP contribution in [0.1, 0.15) is 53.5 Å². The van der Waals surface area contributed by atoms with Gasteiger partial charge in [0, 0.05) is 20.3 Å². The first-order valence-electron chi connectivity index (χ1n) is 9.30. The Balaban J connectivity index is 0.000000692. The highest BCUT2D eigenvalue weighted by Crippen LogP contribution is 2.54. The van der Waals surface area contributed by atoms with Crippen LogP contribution >= 0.6 is 0 Å². The SMILES string of the molecule is CCCC.Cc1cc(S(N)(=O)=O)ccc1Nc1ncc2c(n1)NC(=O)C21CC1.[HH].[HH]. The molecule has 0 saturated heterocycles. The van der Waals surface area contributed by atoms with Crippen LogP contribution in [0, 0.1) is 6.92 Å². The van der Waals surface area contributed by atoms with Gasteiger partial charge in [0.1, 0.15) is 5.82 Å². The summed E-state index contributed by atoms with van der Waals surface area (Å²) in [5, 5.41) is 10.9. The topological polar surface area (TPSA) is 127 Å². The van der Waals surface area contributed by atoms with E-state index >= 15 is 0 Å². The van der Waals surface area contributed by atoms with E-state index in [1.165, 1.54) is 25.0 Å². The van der Waals surface area contributed by atoms with Crippen LogP contribution in [0.2, 0.25) is 0 Å². The summed E-state index contributed by atoms with van der Waals surface area (Å²) in [6, 6.07) is 4.50. The minimum absolute atomic E-state index is 0. The van der Waals surface area contributed by atoms with Crippen LogP contribution < -0.4 is 15.8 Å². The fourth-order valence-corrected chi connectivity index (χ4v) is 3.53. The summed E-state index contributed by atoms with van der Waals surface area (Å²) in [5.41, 5.74) is 1.78. The molecule has 0 unspecified atom stereocenters. The van der Waals surface area contributed by atoms with Crippen molar-refractivity contribution in [2.24, 2.45) is 5.14 Å². The molecule has 1 aromatic heterocycles. The highest BCUT2D eigenvalue weighted by atomic mass is 32.2. The lowest BCUT2D eigenvalue weighted by Crippen LogP contribution is -2.18. The monoisotopic (exact) mass is 407 g/mol. The average molecular weight is 408 g/mol. The maximum Gasteiger partial charge on any atom is 0.238 e. The van der Waals surface area contributed by atoms with Gasteiger partial charge in [-0.1, -0.05) is 26.7 Å². The molecule has 1 saturated carbocycles. The summed E-state index contributed by atoms with van der Waals surface area (Å²) in [4.78, 5) is 20.7. The number of nitrogens with two attached hydrogens (primary N) is 1. The van der Waals surface area contributed by atoms with Gasteiger partial charge >= 0.3 is 0 Å². The lowest BCUT2D eigenvalue weighted by Gasteiger charge is -2.10. The van der Waals surface area contributed by atoms with Gasteiger partial charge in [0.15, 0.2) is 0 Å². The zero-order chi connectivity index (χ0) is 20.5. The average Bonchev–Trinajstić information content (AvgIpc) is 3.39. The Hall–Kier alpha value is -2.52. The van der Waals surface area contributed by atoms with Gasteiger partial charge in [0.25, 0.3) is 0 Å². The molecule has 154 valence electrons. The van der Waals surface area contributed by atoms with Crippen molar-refractivity contribution in [2.75, 3.05) is 10.6 Å². The molecule has 4 rings (SSSR count). The highest BCUT2D eigenvalue weighted by molar-refractivity contribution is 7.89. The van der Waals surface area contributed by atoms with E-state index in [4.69, 9.17) is 5.14 Å². The molecule has 1 aromatic carbocycles. The summed E-state index contributed by atoms with van der Waals surface area (Å²) in [6.07, 6.45) is 5.97. The number of primary sulfonamides is 1. The number of nitrogens with zero attached hydrogens (tertiary/aromatic N) is 2. The summed E-state index contributed by atoms with van der Waals surface area (Å²) < 4.78 is 22.7. The second-order valence-electron chi connectivity index (χ2n) is 7.14. The van der Waals surface area contributed by atoms with E-state index in [-0.39, 0.29) is 13.7 Å². The maximum atomic E-state index is 12.0. The van der Waals surface area contributed by atoms with Gasteiger partial charge in [-0.05, 0) is 43.5 Å². The third-order valence-corrected chi connectivity index (χ3v) is 5.90. The molecular formula is C19H29N5O3S. The van der Waals surface area contributed by atoms with Crippen molar-refractivity contribution in [1.82, 2.24) is 9.97 Å². The molecule has 2 aromatic rings. The molecule has 0 atom stereocenters. The van der Waals surface area contributed by atoms with Gasteiger partial charge in [0.2, 0.25) is 21.9 Å². The first kappa shape index (κ1) is 20.2. The van der Waals surface area contributed by atoms with E-state index in [2.05, 4.69) is 34.4 Å². The Morgan fingerprint density at radius 2 is 1.96 bits per heavy atom. The summed E-state index contributed by atoms with van der Waals surface area (Å²) in [7, 11) is -3.74. The van der Waals surface area contributed by atoms with Crippen LogP contribution in [-0.2, 0) is 20.2 Å². The van der Waals surface area contributed by atoms with Crippen LogP contribution in [0.25, 0.3) is 0 Å². The predicted molar refractivity (Wildman–Crippen MR) is 112 cm³/mol. The number of fused-ring (bicyclic) bond motifs is 2. The molecule has 1 spiro atoms. The number of carbonyl (C=O) groups excluding carboxylic acids is 1. The molecule has 0 bridgehead atoms. The Labute approximate surface area is 168 Å². The van der Waals surface area contributed by atoms with Gasteiger partial charge in [0.05, 0.1) is 10.3 Å². The van der Waals surface area contributed by atoms with Crippen molar-refractivity contribution in [3.8, 4) is 0 Å². The fraction of sp³-hybridized carbons (Fsp3) is 0.421. The first-order valence-corrected chi connectivity index (χ1v) is 10.9. The predicted octanol–water partition coefficient (Wildman–Crippen LogP) is 3.46. The van der Waals surface area contributed by atoms with Gasteiger partial charge in [-0.15, -0.1) is 0 Å². The Kier molecular flexibility index (Phi) is 5.40. The number of hydrogen-bond acceptors (Lipinski definition) is 6. The number of carbonyl (C=O) groups is 1. The fourth-order valence-electron chi connectivity index (χ4n) is 2.93. The first-order chi connectivity index (χ1) is 13.2. The van der Waals surface area contributed by atoms with E-state index < -0.39 is 15.4 Å². The largest absolute Gasteiger partial charge is 0.324 e. The Bertz CT molecular complexity index is 1020. The second-order valence-corrected chi connectivity index (χ2v) is 8.70. The normalized spacial score (nSPS) is 16.1. The quantitative estimate of drug-likeness (QED) is 0.712. The number of anilines is 3. The van der Waals surface area contributed by atoms with E-state index in [9.17, 15) is 13.2 Å². The standard InChI is InChI=1S/C15H15N5O3S.C4H10.2H2/c1-8-6-9(24(16,22)23)2-3-11(8)18-14-17-7-10-12(20-14)19-13(21)15(10)4-5-15;1-3-4-2;;/h2-3,6-7H,4-5H2,1H3,(H2,16,22,23)(H2,17,18,19,20,21);3-4H2,1-2H3;2*1H. The lowest BCUT2D eigenvalue weighted by atomic mass is 10.0. The van der Waals surface area contributed by atoms with Crippen LogP contribution in [0.3, 0.4) is 0 Å². The molecule has 9 heteroatoms. The molecular weight excluding hydrogens is 378 g/mol. The Morgan fingerprint density at radius 1 is 1.29 bits per heavy atom. The van der Waals surface area contributed by atoms with Crippen molar-refractivity contribution in [1.29, 1.82) is 0 Å². The van der Waals surface area contributed by atoms with Crippen LogP contribution in [-0.4, -0.2) is 24.3 Å². The molecule has 28 heavy (non-hydrogen) atoms. The molecule has 2 heterocycles. The van der Waals surface area contributed by atoms with Crippen molar-refractivity contribution >= 4 is 33.4 Å². The number of benzene rings is 1. The Morgan fingerprint density at radius 3 is 2.50 bits per heavy atom. The second kappa shape index (κ2) is 7.48. The number of sulfonamides is 1. The summed E-state index contributed by atoms with van der Waals surface area (Å²) in [6.45, 7) is 6.12. The van der Waals surface area contributed by atoms with Gasteiger partial charge < -0.3 is 10.6 Å². The number of aryl methyl sites for hydroxylation is 1. The van der Waals surface area contributed by atoms with E-state index in [0.717, 1.165) is 18.4 Å². The summed E-state index contributed by atoms with van der Waals surface area (Å²) in [5.74, 6) is 0.852. The molecule has 1 amide bonds. The van der Waals surface area contributed by atoms with E-state index in [1.54, 1.807) is 19.2 Å². The van der Waals surface area contributed by atoms with E-state index in [0.29, 0.717) is 23.0 Å². The number of unbranched alkanes of at least 4 members (excludes halogenated alkanes) is 1. The lowest BCUT2D eigenvalue weighted by molar-refractivity contribution is -0.117. The van der Waals surface area contributed by atoms with Crippen molar-refractivity contribution in [2.45, 2.75) is 56.8 Å². The van der Waals surface area contributed by atoms with Crippen LogP contribution in [0.15, 0.2) is 29.3 Å². The highest BCUT2D eigenvalue weighted by Gasteiger charge is 2.57. The van der Waals surface area contributed by atoms with Gasteiger partial charge in [-0.2, -0.15) is 4.98 Å². The molecule has 1 fully saturated rings. The number of hydrogen-bond donors (Lipinski definition) is 3. The van der Waals surface area contributed by atoms with Gasteiger partial charge in [-0.3, -0.25) is 4.79 Å². The third-order valence-electron chi connectivity index (χ3n) is 4.99. The molecule has 0 radical (unpaired) electrons. The maximum absolute atomic E-state index is 12.0.